The van der Waals surface area contributed by atoms with Gasteiger partial charge in [-0.15, -0.1) is 0 Å². The van der Waals surface area contributed by atoms with Crippen LogP contribution in [0.5, 0.6) is 0 Å². The molecule has 4 nitrogen and oxygen atoms in total. The Balaban J connectivity index is 2.07. The van der Waals surface area contributed by atoms with E-state index in [1.165, 1.54) is 5.56 Å². The van der Waals surface area contributed by atoms with Crippen molar-refractivity contribution in [3.05, 3.63) is 59.4 Å². The van der Waals surface area contributed by atoms with Gasteiger partial charge < -0.3 is 10.2 Å². The summed E-state index contributed by atoms with van der Waals surface area (Å²) in [6.45, 7) is 8.55. The molecule has 0 spiro atoms. The molecule has 1 amide bonds. The number of benzene rings is 1. The van der Waals surface area contributed by atoms with Crippen molar-refractivity contribution < 1.29 is 4.79 Å². The Morgan fingerprint density at radius 3 is 2.59 bits per heavy atom. The van der Waals surface area contributed by atoms with Gasteiger partial charge in [0.2, 0.25) is 0 Å². The molecule has 0 saturated carbocycles. The number of nitrogens with one attached hydrogen (secondary N) is 1. The van der Waals surface area contributed by atoms with Crippen molar-refractivity contribution in [2.75, 3.05) is 18.0 Å². The molecule has 0 aliphatic rings. The van der Waals surface area contributed by atoms with Crippen LogP contribution in [-0.2, 0) is 6.54 Å². The van der Waals surface area contributed by atoms with Crippen LogP contribution in [0.2, 0.25) is 0 Å². The van der Waals surface area contributed by atoms with Crippen LogP contribution in [0, 0.1) is 6.92 Å². The molecule has 0 saturated heterocycles. The first kappa shape index (κ1) is 16.0. The standard InChI is InChI=1S/C18H23N3O/c1-4-21(5-2)17-10-16(11-19-13-17)18(22)20-12-15-9-7-6-8-14(15)3/h6-11,13H,4-5,12H2,1-3H3,(H,20,22). The predicted octanol–water partition coefficient (Wildman–Crippen LogP) is 3.17. The zero-order chi connectivity index (χ0) is 15.9. The fourth-order valence-electron chi connectivity index (χ4n) is 2.40. The van der Waals surface area contributed by atoms with Gasteiger partial charge >= 0.3 is 0 Å². The number of nitrogens with zero attached hydrogens (tertiary/aromatic N) is 2. The summed E-state index contributed by atoms with van der Waals surface area (Å²) in [6, 6.07) is 9.95. The molecule has 0 aliphatic heterocycles. The van der Waals surface area contributed by atoms with Crippen LogP contribution >= 0.6 is 0 Å². The molecule has 1 aromatic heterocycles. The van der Waals surface area contributed by atoms with Crippen LogP contribution in [0.25, 0.3) is 0 Å². The van der Waals surface area contributed by atoms with Gasteiger partial charge in [-0.05, 0) is 38.0 Å². The average molecular weight is 297 g/mol. The van der Waals surface area contributed by atoms with E-state index in [4.69, 9.17) is 0 Å². The first-order chi connectivity index (χ1) is 10.7. The molecule has 2 aromatic rings. The molecular weight excluding hydrogens is 274 g/mol. The highest BCUT2D eigenvalue weighted by atomic mass is 16.1. The Kier molecular flexibility index (Phi) is 5.53. The summed E-state index contributed by atoms with van der Waals surface area (Å²) in [5.41, 5.74) is 3.88. The molecule has 1 heterocycles. The number of amides is 1. The number of hydrogen-bond donors (Lipinski definition) is 1. The highest BCUT2D eigenvalue weighted by Gasteiger charge is 2.09. The summed E-state index contributed by atoms with van der Waals surface area (Å²) in [5.74, 6) is -0.0928. The number of carbonyl (C=O) groups is 1. The van der Waals surface area contributed by atoms with Crippen LogP contribution in [0.1, 0.15) is 35.3 Å². The largest absolute Gasteiger partial charge is 0.371 e. The van der Waals surface area contributed by atoms with Gasteiger partial charge in [0.25, 0.3) is 5.91 Å². The van der Waals surface area contributed by atoms with E-state index in [1.54, 1.807) is 12.4 Å². The zero-order valence-electron chi connectivity index (χ0n) is 13.5. The van der Waals surface area contributed by atoms with Crippen LogP contribution in [-0.4, -0.2) is 24.0 Å². The smallest absolute Gasteiger partial charge is 0.253 e. The molecule has 22 heavy (non-hydrogen) atoms. The molecule has 0 atom stereocenters. The minimum absolute atomic E-state index is 0.0928. The molecule has 0 fully saturated rings. The van der Waals surface area contributed by atoms with Crippen molar-refractivity contribution in [1.82, 2.24) is 10.3 Å². The maximum atomic E-state index is 12.3. The summed E-state index contributed by atoms with van der Waals surface area (Å²) in [7, 11) is 0. The Hall–Kier alpha value is -2.36. The lowest BCUT2D eigenvalue weighted by Crippen LogP contribution is -2.25. The summed E-state index contributed by atoms with van der Waals surface area (Å²) < 4.78 is 0. The van der Waals surface area contributed by atoms with Gasteiger partial charge in [-0.3, -0.25) is 9.78 Å². The fraction of sp³-hybridized carbons (Fsp3) is 0.333. The van der Waals surface area contributed by atoms with Crippen molar-refractivity contribution in [2.45, 2.75) is 27.3 Å². The lowest BCUT2D eigenvalue weighted by molar-refractivity contribution is 0.0950. The maximum absolute atomic E-state index is 12.3. The number of carbonyl (C=O) groups excluding carboxylic acids is 1. The van der Waals surface area contributed by atoms with Gasteiger partial charge in [-0.25, -0.2) is 0 Å². The summed E-state index contributed by atoms with van der Waals surface area (Å²) in [5, 5.41) is 2.96. The third kappa shape index (κ3) is 3.85. The Morgan fingerprint density at radius 1 is 1.18 bits per heavy atom. The third-order valence-electron chi connectivity index (χ3n) is 3.82. The van der Waals surface area contributed by atoms with E-state index in [0.29, 0.717) is 12.1 Å². The number of aryl methyl sites for hydroxylation is 1. The summed E-state index contributed by atoms with van der Waals surface area (Å²) in [6.07, 6.45) is 3.41. The highest BCUT2D eigenvalue weighted by molar-refractivity contribution is 5.94. The molecule has 0 bridgehead atoms. The number of rotatable bonds is 6. The van der Waals surface area contributed by atoms with Crippen molar-refractivity contribution >= 4 is 11.6 Å². The Morgan fingerprint density at radius 2 is 1.91 bits per heavy atom. The number of hydrogen-bond acceptors (Lipinski definition) is 3. The normalized spacial score (nSPS) is 10.3. The lowest BCUT2D eigenvalue weighted by Gasteiger charge is -2.20. The summed E-state index contributed by atoms with van der Waals surface area (Å²) >= 11 is 0. The van der Waals surface area contributed by atoms with E-state index >= 15 is 0 Å². The monoisotopic (exact) mass is 297 g/mol. The van der Waals surface area contributed by atoms with Gasteiger partial charge in [-0.2, -0.15) is 0 Å². The highest BCUT2D eigenvalue weighted by Crippen LogP contribution is 2.14. The van der Waals surface area contributed by atoms with Crippen LogP contribution in [0.15, 0.2) is 42.7 Å². The first-order valence-corrected chi connectivity index (χ1v) is 7.68. The topological polar surface area (TPSA) is 45.2 Å². The van der Waals surface area contributed by atoms with E-state index in [2.05, 4.69) is 29.0 Å². The van der Waals surface area contributed by atoms with E-state index in [9.17, 15) is 4.79 Å². The minimum Gasteiger partial charge on any atom is -0.371 e. The van der Waals surface area contributed by atoms with E-state index in [-0.39, 0.29) is 5.91 Å². The maximum Gasteiger partial charge on any atom is 0.253 e. The van der Waals surface area contributed by atoms with Crippen LogP contribution in [0.3, 0.4) is 0 Å². The molecule has 1 aromatic carbocycles. The third-order valence-corrected chi connectivity index (χ3v) is 3.82. The van der Waals surface area contributed by atoms with Crippen molar-refractivity contribution in [2.24, 2.45) is 0 Å². The molecule has 2 rings (SSSR count). The van der Waals surface area contributed by atoms with Gasteiger partial charge in [0, 0.05) is 25.8 Å². The number of anilines is 1. The van der Waals surface area contributed by atoms with Gasteiger partial charge in [0.15, 0.2) is 0 Å². The van der Waals surface area contributed by atoms with E-state index in [1.807, 2.05) is 37.3 Å². The van der Waals surface area contributed by atoms with Gasteiger partial charge in [0.05, 0.1) is 17.4 Å². The van der Waals surface area contributed by atoms with Crippen molar-refractivity contribution in [1.29, 1.82) is 0 Å². The second-order valence-corrected chi connectivity index (χ2v) is 5.21. The molecule has 116 valence electrons. The molecule has 0 aliphatic carbocycles. The molecule has 1 N–H and O–H groups in total. The first-order valence-electron chi connectivity index (χ1n) is 7.68. The van der Waals surface area contributed by atoms with Crippen LogP contribution < -0.4 is 10.2 Å². The number of pyridine rings is 1. The van der Waals surface area contributed by atoms with Gasteiger partial charge in [0.1, 0.15) is 0 Å². The lowest BCUT2D eigenvalue weighted by atomic mass is 10.1. The molecule has 0 radical (unpaired) electrons. The zero-order valence-corrected chi connectivity index (χ0v) is 13.5. The van der Waals surface area contributed by atoms with E-state index < -0.39 is 0 Å². The molecular formula is C18H23N3O. The Labute approximate surface area is 132 Å². The van der Waals surface area contributed by atoms with E-state index in [0.717, 1.165) is 24.3 Å². The SMILES string of the molecule is CCN(CC)c1cncc(C(=O)NCc2ccccc2C)c1. The number of aromatic nitrogens is 1. The quantitative estimate of drug-likeness (QED) is 0.891. The van der Waals surface area contributed by atoms with Crippen molar-refractivity contribution in [3.8, 4) is 0 Å². The predicted molar refractivity (Wildman–Crippen MR) is 90.1 cm³/mol. The molecule has 4 heteroatoms. The van der Waals surface area contributed by atoms with Crippen LogP contribution in [0.4, 0.5) is 5.69 Å². The van der Waals surface area contributed by atoms with Crippen molar-refractivity contribution in [3.63, 3.8) is 0 Å². The minimum atomic E-state index is -0.0928. The fourth-order valence-corrected chi connectivity index (χ4v) is 2.40. The summed E-state index contributed by atoms with van der Waals surface area (Å²) in [4.78, 5) is 18.7. The Bertz CT molecular complexity index is 636. The average Bonchev–Trinajstić information content (AvgIpc) is 2.55. The molecule has 0 unspecified atom stereocenters. The second-order valence-electron chi connectivity index (χ2n) is 5.21. The second kappa shape index (κ2) is 7.59. The van der Waals surface area contributed by atoms with Gasteiger partial charge in [-0.1, -0.05) is 24.3 Å².